The van der Waals surface area contributed by atoms with Gasteiger partial charge in [-0.3, -0.25) is 9.59 Å². The first-order chi connectivity index (χ1) is 12.0. The number of carbonyl (C=O) groups is 2. The summed E-state index contributed by atoms with van der Waals surface area (Å²) in [4.78, 5) is 28.3. The second-order valence-electron chi connectivity index (χ2n) is 6.09. The van der Waals surface area contributed by atoms with Crippen LogP contribution in [0.2, 0.25) is 0 Å². The maximum atomic E-state index is 12.9. The molecule has 136 valence electrons. The molecular formula is C18H26N4O2S. The van der Waals surface area contributed by atoms with Crippen molar-refractivity contribution >= 4 is 29.1 Å². The lowest BCUT2D eigenvalue weighted by molar-refractivity contribution is -0.137. The molecule has 1 aromatic rings. The largest absolute Gasteiger partial charge is 0.363 e. The van der Waals surface area contributed by atoms with E-state index in [9.17, 15) is 9.59 Å². The Labute approximate surface area is 154 Å². The molecule has 2 N–H and O–H groups in total. The maximum Gasteiger partial charge on any atom is 0.245 e. The molecule has 6 nitrogen and oxygen atoms in total. The monoisotopic (exact) mass is 362 g/mol. The van der Waals surface area contributed by atoms with Crippen LogP contribution in [-0.4, -0.2) is 65.5 Å². The minimum Gasteiger partial charge on any atom is -0.363 e. The van der Waals surface area contributed by atoms with Crippen molar-refractivity contribution in [1.82, 2.24) is 20.4 Å². The molecule has 2 rings (SSSR count). The first-order valence-electron chi connectivity index (χ1n) is 8.63. The first-order valence-corrected chi connectivity index (χ1v) is 9.04. The molecule has 0 aromatic heterocycles. The number of nitrogens with zero attached hydrogens (tertiary/aromatic N) is 2. The lowest BCUT2D eigenvalue weighted by Crippen LogP contribution is -2.57. The predicted molar refractivity (Wildman–Crippen MR) is 102 cm³/mol. The Morgan fingerprint density at radius 1 is 1.12 bits per heavy atom. The number of nitrogens with one attached hydrogen (secondary N) is 2. The van der Waals surface area contributed by atoms with Crippen LogP contribution in [0.4, 0.5) is 0 Å². The Hall–Kier alpha value is -2.15. The first kappa shape index (κ1) is 19.2. The van der Waals surface area contributed by atoms with E-state index in [1.165, 1.54) is 6.92 Å². The van der Waals surface area contributed by atoms with Gasteiger partial charge < -0.3 is 20.4 Å². The molecular weight excluding hydrogens is 336 g/mol. The van der Waals surface area contributed by atoms with Crippen molar-refractivity contribution in [2.75, 3.05) is 32.7 Å². The second-order valence-corrected chi connectivity index (χ2v) is 6.48. The fraction of sp³-hybridized carbons (Fsp3) is 0.500. The average Bonchev–Trinajstić information content (AvgIpc) is 2.61. The average molecular weight is 362 g/mol. The van der Waals surface area contributed by atoms with Crippen molar-refractivity contribution < 1.29 is 9.59 Å². The van der Waals surface area contributed by atoms with Crippen LogP contribution in [0.5, 0.6) is 0 Å². The number of carbonyl (C=O) groups excluding carboxylic acids is 2. The Bertz CT molecular complexity index is 600. The zero-order valence-corrected chi connectivity index (χ0v) is 15.6. The van der Waals surface area contributed by atoms with Gasteiger partial charge in [0.2, 0.25) is 11.8 Å². The van der Waals surface area contributed by atoms with Crippen molar-refractivity contribution in [3.05, 3.63) is 35.9 Å². The lowest BCUT2D eigenvalue weighted by atomic mass is 10.0. The van der Waals surface area contributed by atoms with E-state index in [4.69, 9.17) is 12.2 Å². The highest BCUT2D eigenvalue weighted by atomic mass is 32.1. The fourth-order valence-electron chi connectivity index (χ4n) is 2.91. The summed E-state index contributed by atoms with van der Waals surface area (Å²) in [6, 6.07) is 9.21. The molecule has 7 heteroatoms. The van der Waals surface area contributed by atoms with E-state index in [1.807, 2.05) is 42.2 Å². The maximum absolute atomic E-state index is 12.9. The molecule has 2 amide bonds. The number of rotatable bonds is 5. The fourth-order valence-corrected chi connectivity index (χ4v) is 3.24. The third-order valence-corrected chi connectivity index (χ3v) is 4.57. The summed E-state index contributed by atoms with van der Waals surface area (Å²) < 4.78 is 0. The zero-order valence-electron chi connectivity index (χ0n) is 14.8. The van der Waals surface area contributed by atoms with Crippen molar-refractivity contribution in [2.24, 2.45) is 0 Å². The van der Waals surface area contributed by atoms with Gasteiger partial charge in [0.15, 0.2) is 5.11 Å². The molecule has 1 aromatic carbocycles. The zero-order chi connectivity index (χ0) is 18.2. The summed E-state index contributed by atoms with van der Waals surface area (Å²) >= 11 is 5.33. The molecule has 0 saturated carbocycles. The Balaban J connectivity index is 1.97. The minimum atomic E-state index is -0.535. The van der Waals surface area contributed by atoms with Gasteiger partial charge in [0.25, 0.3) is 0 Å². The Morgan fingerprint density at radius 3 is 2.28 bits per heavy atom. The molecule has 1 aliphatic rings. The highest BCUT2D eigenvalue weighted by Crippen LogP contribution is 2.09. The van der Waals surface area contributed by atoms with Crippen molar-refractivity contribution in [2.45, 2.75) is 26.3 Å². The van der Waals surface area contributed by atoms with Crippen molar-refractivity contribution in [3.8, 4) is 0 Å². The van der Waals surface area contributed by atoms with Crippen LogP contribution in [0, 0.1) is 0 Å². The van der Waals surface area contributed by atoms with Gasteiger partial charge in [0.1, 0.15) is 6.04 Å². The van der Waals surface area contributed by atoms with Crippen LogP contribution < -0.4 is 10.6 Å². The molecule has 0 radical (unpaired) electrons. The van der Waals surface area contributed by atoms with Gasteiger partial charge >= 0.3 is 0 Å². The summed E-state index contributed by atoms with van der Waals surface area (Å²) in [6.07, 6.45) is 0.495. The third kappa shape index (κ3) is 5.70. The highest BCUT2D eigenvalue weighted by Gasteiger charge is 2.28. The number of hydrogen-bond donors (Lipinski definition) is 2. The van der Waals surface area contributed by atoms with E-state index in [1.54, 1.807) is 0 Å². The summed E-state index contributed by atoms with van der Waals surface area (Å²) in [7, 11) is 0. The van der Waals surface area contributed by atoms with E-state index < -0.39 is 6.04 Å². The number of benzene rings is 1. The minimum absolute atomic E-state index is 0.0342. The van der Waals surface area contributed by atoms with Crippen LogP contribution in [0.15, 0.2) is 30.3 Å². The van der Waals surface area contributed by atoms with Gasteiger partial charge in [-0.15, -0.1) is 0 Å². The molecule has 1 saturated heterocycles. The van der Waals surface area contributed by atoms with E-state index in [-0.39, 0.29) is 11.8 Å². The van der Waals surface area contributed by atoms with Gasteiger partial charge in [-0.05, 0) is 24.7 Å². The predicted octanol–water partition coefficient (Wildman–Crippen LogP) is 0.772. The smallest absolute Gasteiger partial charge is 0.245 e. The highest BCUT2D eigenvalue weighted by molar-refractivity contribution is 7.80. The molecule has 25 heavy (non-hydrogen) atoms. The number of piperazine rings is 1. The third-order valence-electron chi connectivity index (χ3n) is 4.16. The normalized spacial score (nSPS) is 15.4. The lowest BCUT2D eigenvalue weighted by Gasteiger charge is -2.37. The molecule has 0 spiro atoms. The van der Waals surface area contributed by atoms with Gasteiger partial charge in [-0.2, -0.15) is 0 Å². The van der Waals surface area contributed by atoms with Gasteiger partial charge in [0.05, 0.1) is 0 Å². The molecule has 1 atom stereocenters. The van der Waals surface area contributed by atoms with Gasteiger partial charge in [-0.25, -0.2) is 0 Å². The molecule has 1 fully saturated rings. The molecule has 1 heterocycles. The summed E-state index contributed by atoms with van der Waals surface area (Å²) in [5, 5.41) is 6.67. The van der Waals surface area contributed by atoms with Crippen LogP contribution in [0.1, 0.15) is 19.4 Å². The quantitative estimate of drug-likeness (QED) is 0.758. The number of thiocarbonyl (C=S) groups is 1. The Kier molecular flexibility index (Phi) is 7.18. The van der Waals surface area contributed by atoms with Gasteiger partial charge in [0, 0.05) is 46.1 Å². The van der Waals surface area contributed by atoms with E-state index in [0.717, 1.165) is 17.2 Å². The standard InChI is InChI=1S/C18H26N4O2S/c1-3-19-18(25)22-11-9-21(10-12-22)17(24)16(20-14(2)23)13-15-7-5-4-6-8-15/h4-8,16H,3,9-13H2,1-2H3,(H,19,25)(H,20,23)/t16-/m0/s1. The summed E-state index contributed by atoms with van der Waals surface area (Å²) in [5.74, 6) is -0.227. The molecule has 0 aliphatic carbocycles. The number of amides is 2. The van der Waals surface area contributed by atoms with Crippen LogP contribution in [0.25, 0.3) is 0 Å². The Morgan fingerprint density at radius 2 is 1.72 bits per heavy atom. The van der Waals surface area contributed by atoms with Gasteiger partial charge in [-0.1, -0.05) is 30.3 Å². The summed E-state index contributed by atoms with van der Waals surface area (Å²) in [6.45, 7) is 6.86. The van der Waals surface area contributed by atoms with Crippen molar-refractivity contribution in [1.29, 1.82) is 0 Å². The van der Waals surface area contributed by atoms with Crippen LogP contribution >= 0.6 is 12.2 Å². The van der Waals surface area contributed by atoms with E-state index in [2.05, 4.69) is 15.5 Å². The topological polar surface area (TPSA) is 64.7 Å². The van der Waals surface area contributed by atoms with Crippen LogP contribution in [-0.2, 0) is 16.0 Å². The number of hydrogen-bond acceptors (Lipinski definition) is 3. The molecule has 1 aliphatic heterocycles. The molecule has 0 unspecified atom stereocenters. The van der Waals surface area contributed by atoms with E-state index in [0.29, 0.717) is 32.6 Å². The summed E-state index contributed by atoms with van der Waals surface area (Å²) in [5.41, 5.74) is 1.03. The van der Waals surface area contributed by atoms with Crippen molar-refractivity contribution in [3.63, 3.8) is 0 Å². The van der Waals surface area contributed by atoms with E-state index >= 15 is 0 Å². The SMILES string of the molecule is CCNC(=S)N1CCN(C(=O)[C@H](Cc2ccccc2)NC(C)=O)CC1. The second kappa shape index (κ2) is 9.36. The van der Waals surface area contributed by atoms with Crippen LogP contribution in [0.3, 0.4) is 0 Å². The molecule has 0 bridgehead atoms.